The minimum absolute atomic E-state index is 0.115. The number of nitrogens with zero attached hydrogens (tertiary/aromatic N) is 3. The van der Waals surface area contributed by atoms with Crippen molar-refractivity contribution < 1.29 is 14.7 Å². The predicted octanol–water partition coefficient (Wildman–Crippen LogP) is 7.00. The molecular formula is C33H34N4O3. The van der Waals surface area contributed by atoms with Gasteiger partial charge in [-0.3, -0.25) is 14.6 Å². The molecule has 2 N–H and O–H groups in total. The number of carboxylic acid groups (broad SMARTS) is 1. The molecule has 2 aromatic carbocycles. The van der Waals surface area contributed by atoms with E-state index >= 15 is 0 Å². The Morgan fingerprint density at radius 1 is 1.07 bits per heavy atom. The van der Waals surface area contributed by atoms with E-state index in [9.17, 15) is 9.59 Å². The van der Waals surface area contributed by atoms with Gasteiger partial charge in [0.15, 0.2) is 0 Å². The molecule has 7 heteroatoms. The fraction of sp³-hybridized carbons (Fsp3) is 0.242. The van der Waals surface area contributed by atoms with Crippen molar-refractivity contribution in [2.24, 2.45) is 0 Å². The number of allylic oxidation sites excluding steroid dienone is 5. The summed E-state index contributed by atoms with van der Waals surface area (Å²) >= 11 is 0. The van der Waals surface area contributed by atoms with Crippen LogP contribution in [0.1, 0.15) is 72.9 Å². The van der Waals surface area contributed by atoms with Gasteiger partial charge in [0.1, 0.15) is 0 Å². The van der Waals surface area contributed by atoms with E-state index in [4.69, 9.17) is 15.1 Å². The van der Waals surface area contributed by atoms with Gasteiger partial charge in [-0.1, -0.05) is 48.6 Å². The van der Waals surface area contributed by atoms with Gasteiger partial charge < -0.3 is 10.4 Å². The van der Waals surface area contributed by atoms with Crippen molar-refractivity contribution >= 4 is 39.3 Å². The summed E-state index contributed by atoms with van der Waals surface area (Å²) in [5, 5.41) is 14.2. The molecule has 7 nitrogen and oxygen atoms in total. The zero-order valence-corrected chi connectivity index (χ0v) is 22.9. The Morgan fingerprint density at radius 2 is 1.90 bits per heavy atom. The van der Waals surface area contributed by atoms with E-state index in [2.05, 4.69) is 16.9 Å². The minimum Gasteiger partial charge on any atom is -0.481 e. The summed E-state index contributed by atoms with van der Waals surface area (Å²) in [7, 11) is 0. The maximum absolute atomic E-state index is 13.3. The number of unbranched alkanes of at least 4 members (excludes halogenated alkanes) is 1. The first-order chi connectivity index (χ1) is 19.4. The molecule has 0 aliphatic heterocycles. The topological polar surface area (TPSA) is 105 Å². The zero-order valence-electron chi connectivity index (χ0n) is 22.9. The summed E-state index contributed by atoms with van der Waals surface area (Å²) in [6.07, 6.45) is 14.1. The number of nitrogens with one attached hydrogen (secondary N) is 1. The summed E-state index contributed by atoms with van der Waals surface area (Å²) < 4.78 is 0. The lowest BCUT2D eigenvalue weighted by Crippen LogP contribution is -2.26. The quantitative estimate of drug-likeness (QED) is 0.115. The fourth-order valence-corrected chi connectivity index (χ4v) is 4.60. The summed E-state index contributed by atoms with van der Waals surface area (Å²) in [5.74, 6) is -1.02. The molecular weight excluding hydrogens is 500 g/mol. The average molecular weight is 535 g/mol. The number of aryl methyl sites for hydroxylation is 1. The number of carboxylic acids is 1. The number of fused-ring (bicyclic) bond motifs is 2. The fourth-order valence-electron chi connectivity index (χ4n) is 4.60. The maximum Gasteiger partial charge on any atom is 0.303 e. The van der Waals surface area contributed by atoms with Gasteiger partial charge in [0.2, 0.25) is 0 Å². The maximum atomic E-state index is 13.3. The molecule has 0 saturated carbocycles. The van der Waals surface area contributed by atoms with E-state index in [1.54, 1.807) is 18.3 Å². The largest absolute Gasteiger partial charge is 0.481 e. The van der Waals surface area contributed by atoms with Crippen molar-refractivity contribution in [3.8, 4) is 0 Å². The Hall–Kier alpha value is -4.65. The van der Waals surface area contributed by atoms with Crippen molar-refractivity contribution in [2.75, 3.05) is 0 Å². The van der Waals surface area contributed by atoms with Gasteiger partial charge in [0.25, 0.3) is 5.91 Å². The summed E-state index contributed by atoms with van der Waals surface area (Å²) in [6, 6.07) is 13.1. The average Bonchev–Trinajstić information content (AvgIpc) is 2.96. The Bertz CT molecular complexity index is 1600. The van der Waals surface area contributed by atoms with Gasteiger partial charge >= 0.3 is 5.97 Å². The number of aliphatic carboxylic acids is 1. The molecule has 4 aromatic rings. The molecule has 204 valence electrons. The summed E-state index contributed by atoms with van der Waals surface area (Å²) in [4.78, 5) is 38.4. The molecule has 0 spiro atoms. The van der Waals surface area contributed by atoms with Crippen LogP contribution in [-0.2, 0) is 11.2 Å². The van der Waals surface area contributed by atoms with Crippen LogP contribution in [0.25, 0.3) is 27.4 Å². The Kier molecular flexibility index (Phi) is 9.52. The molecule has 0 fully saturated rings. The number of carbonyl (C=O) groups is 2. The van der Waals surface area contributed by atoms with Gasteiger partial charge in [-0.05, 0) is 68.7 Å². The molecule has 0 aliphatic carbocycles. The van der Waals surface area contributed by atoms with Crippen molar-refractivity contribution in [1.82, 2.24) is 20.3 Å². The second kappa shape index (κ2) is 13.4. The molecule has 0 saturated heterocycles. The van der Waals surface area contributed by atoms with Crippen LogP contribution in [0.3, 0.4) is 0 Å². The highest BCUT2D eigenvalue weighted by Gasteiger charge is 2.16. The van der Waals surface area contributed by atoms with E-state index in [-0.39, 0.29) is 18.4 Å². The number of pyridine rings is 1. The minimum atomic E-state index is -0.808. The first-order valence-electron chi connectivity index (χ1n) is 13.5. The van der Waals surface area contributed by atoms with Crippen LogP contribution in [0.15, 0.2) is 85.7 Å². The lowest BCUT2D eigenvalue weighted by Gasteiger charge is -2.16. The molecule has 0 unspecified atom stereocenters. The molecule has 1 atom stereocenters. The van der Waals surface area contributed by atoms with E-state index in [0.29, 0.717) is 35.9 Å². The number of amides is 1. The number of aromatic nitrogens is 3. The highest BCUT2D eigenvalue weighted by Crippen LogP contribution is 2.25. The second-order valence-electron chi connectivity index (χ2n) is 9.77. The standard InChI is InChI=1S/C33H34N4O3/c1-4-5-6-7-12-22(2)32-29(15-10-11-16-31(38)39)36-30-19-24(17-18-28(30)37-32)33(40)35-23(3)27-21-34-20-25-13-8-9-14-26(25)27/h4,6-9,12-14,17-21,23H,1,5,10-11,15-16H2,2-3H3,(H,35,40)(H,38,39)/b7-6-,22-12+/t23-/m0/s1. The smallest absolute Gasteiger partial charge is 0.303 e. The van der Waals surface area contributed by atoms with Crippen LogP contribution in [0.4, 0.5) is 0 Å². The monoisotopic (exact) mass is 534 g/mol. The Morgan fingerprint density at radius 3 is 2.70 bits per heavy atom. The van der Waals surface area contributed by atoms with E-state index < -0.39 is 5.97 Å². The highest BCUT2D eigenvalue weighted by molar-refractivity contribution is 5.98. The molecule has 4 rings (SSSR count). The molecule has 0 radical (unpaired) electrons. The molecule has 40 heavy (non-hydrogen) atoms. The van der Waals surface area contributed by atoms with Crippen molar-refractivity contribution in [1.29, 1.82) is 0 Å². The van der Waals surface area contributed by atoms with Crippen LogP contribution in [0.2, 0.25) is 0 Å². The number of benzene rings is 2. The summed E-state index contributed by atoms with van der Waals surface area (Å²) in [5.41, 5.74) is 5.28. The third-order valence-corrected chi connectivity index (χ3v) is 6.72. The van der Waals surface area contributed by atoms with Crippen molar-refractivity contribution in [3.05, 3.63) is 108 Å². The van der Waals surface area contributed by atoms with Crippen molar-refractivity contribution in [2.45, 2.75) is 52.0 Å². The second-order valence-corrected chi connectivity index (χ2v) is 9.77. The SMILES string of the molecule is C=CC/C=C\C=C(/C)c1nc2ccc(C(=O)N[C@@H](C)c3cncc4ccccc34)cc2nc1CCCCC(=O)O. The van der Waals surface area contributed by atoms with Crippen LogP contribution < -0.4 is 5.32 Å². The first kappa shape index (κ1) is 28.4. The molecule has 1 amide bonds. The molecule has 0 bridgehead atoms. The van der Waals surface area contributed by atoms with E-state index in [1.807, 2.05) is 74.7 Å². The first-order valence-corrected chi connectivity index (χ1v) is 13.5. The Balaban J connectivity index is 1.61. The van der Waals surface area contributed by atoms with Crippen LogP contribution in [0.5, 0.6) is 0 Å². The number of hydrogen-bond acceptors (Lipinski definition) is 5. The van der Waals surface area contributed by atoms with Gasteiger partial charge in [-0.25, -0.2) is 9.97 Å². The third kappa shape index (κ3) is 7.05. The normalized spacial score (nSPS) is 12.6. The third-order valence-electron chi connectivity index (χ3n) is 6.72. The van der Waals surface area contributed by atoms with E-state index in [1.165, 1.54) is 0 Å². The van der Waals surface area contributed by atoms with Crippen molar-refractivity contribution in [3.63, 3.8) is 0 Å². The van der Waals surface area contributed by atoms with Gasteiger partial charge in [-0.15, -0.1) is 6.58 Å². The zero-order chi connectivity index (χ0) is 28.5. The van der Waals surface area contributed by atoms with E-state index in [0.717, 1.165) is 39.7 Å². The molecule has 0 aliphatic rings. The lowest BCUT2D eigenvalue weighted by atomic mass is 10.0. The predicted molar refractivity (Wildman–Crippen MR) is 160 cm³/mol. The van der Waals surface area contributed by atoms with Gasteiger partial charge in [0.05, 0.1) is 28.5 Å². The highest BCUT2D eigenvalue weighted by atomic mass is 16.4. The molecule has 2 heterocycles. The summed E-state index contributed by atoms with van der Waals surface area (Å²) in [6.45, 7) is 7.67. The molecule has 2 aromatic heterocycles. The van der Waals surface area contributed by atoms with Gasteiger partial charge in [-0.2, -0.15) is 0 Å². The Labute approximate surface area is 234 Å². The van der Waals surface area contributed by atoms with Crippen LogP contribution in [-0.4, -0.2) is 31.9 Å². The lowest BCUT2D eigenvalue weighted by molar-refractivity contribution is -0.137. The number of hydrogen-bond donors (Lipinski definition) is 2. The van der Waals surface area contributed by atoms with Crippen LogP contribution >= 0.6 is 0 Å². The van der Waals surface area contributed by atoms with Gasteiger partial charge in [0, 0.05) is 35.3 Å². The number of carbonyl (C=O) groups excluding carboxylic acids is 1. The van der Waals surface area contributed by atoms with Crippen LogP contribution in [0, 0.1) is 0 Å². The number of rotatable bonds is 12.